The number of morpholine rings is 1. The molecule has 36 heavy (non-hydrogen) atoms. The van der Waals surface area contributed by atoms with E-state index in [1.165, 1.54) is 33.6 Å². The molecule has 2 aromatic heterocycles. The first kappa shape index (κ1) is 25.0. The van der Waals surface area contributed by atoms with Crippen molar-refractivity contribution in [3.8, 4) is 0 Å². The van der Waals surface area contributed by atoms with Crippen LogP contribution in [-0.2, 0) is 22.6 Å². The quantitative estimate of drug-likeness (QED) is 0.261. The van der Waals surface area contributed by atoms with Crippen LogP contribution in [0.25, 0.3) is 20.3 Å². The largest absolute Gasteiger partial charge is 0.370 e. The molecule has 0 bridgehead atoms. The fourth-order valence-electron chi connectivity index (χ4n) is 4.45. The Balaban J connectivity index is 1.33. The van der Waals surface area contributed by atoms with Crippen LogP contribution in [0.2, 0.25) is 0 Å². The Bertz CT molecular complexity index is 1410. The highest BCUT2D eigenvalue weighted by Crippen LogP contribution is 2.31. The molecular formula is C27H31N4O3S2+. The van der Waals surface area contributed by atoms with E-state index < -0.39 is 0 Å². The van der Waals surface area contributed by atoms with E-state index in [1.807, 2.05) is 55.5 Å². The van der Waals surface area contributed by atoms with Crippen molar-refractivity contribution in [2.45, 2.75) is 31.6 Å². The number of carbonyl (C=O) groups is 1. The second-order valence-electron chi connectivity index (χ2n) is 9.14. The minimum absolute atomic E-state index is 0.0132. The van der Waals surface area contributed by atoms with Crippen molar-refractivity contribution in [2.75, 3.05) is 38.6 Å². The third-order valence-corrected chi connectivity index (χ3v) is 8.63. The minimum atomic E-state index is -0.0746. The van der Waals surface area contributed by atoms with Crippen LogP contribution in [0, 0.1) is 6.92 Å². The summed E-state index contributed by atoms with van der Waals surface area (Å²) < 4.78 is 8.97. The molecule has 2 N–H and O–H groups in total. The lowest BCUT2D eigenvalue weighted by Gasteiger charge is -2.23. The second-order valence-corrected chi connectivity index (χ2v) is 11.1. The van der Waals surface area contributed by atoms with Crippen LogP contribution in [0.15, 0.2) is 58.5 Å². The average molecular weight is 524 g/mol. The molecule has 0 unspecified atom stereocenters. The van der Waals surface area contributed by atoms with Crippen molar-refractivity contribution >= 4 is 49.3 Å². The Kier molecular flexibility index (Phi) is 8.01. The van der Waals surface area contributed by atoms with Crippen LogP contribution < -0.4 is 15.8 Å². The molecule has 7 nitrogen and oxygen atoms in total. The molecule has 3 heterocycles. The van der Waals surface area contributed by atoms with Gasteiger partial charge in [0.25, 0.3) is 5.56 Å². The van der Waals surface area contributed by atoms with Crippen molar-refractivity contribution in [3.05, 3.63) is 70.0 Å². The van der Waals surface area contributed by atoms with Crippen LogP contribution in [0.3, 0.4) is 0 Å². The molecule has 0 spiro atoms. The van der Waals surface area contributed by atoms with Gasteiger partial charge in [-0.1, -0.05) is 59.8 Å². The molecule has 0 radical (unpaired) electrons. The number of aromatic nitrogens is 2. The van der Waals surface area contributed by atoms with Crippen molar-refractivity contribution < 1.29 is 14.4 Å². The van der Waals surface area contributed by atoms with E-state index in [-0.39, 0.29) is 17.2 Å². The van der Waals surface area contributed by atoms with Crippen molar-refractivity contribution in [1.29, 1.82) is 0 Å². The molecule has 4 aromatic rings. The third-order valence-electron chi connectivity index (χ3n) is 6.50. The number of quaternary nitrogens is 1. The van der Waals surface area contributed by atoms with E-state index >= 15 is 0 Å². The molecule has 5 rings (SSSR count). The number of thiophene rings is 1. The molecule has 0 atom stereocenters. The van der Waals surface area contributed by atoms with Gasteiger partial charge in [0.15, 0.2) is 5.16 Å². The third kappa shape index (κ3) is 5.81. The zero-order valence-electron chi connectivity index (χ0n) is 20.4. The van der Waals surface area contributed by atoms with Gasteiger partial charge in [-0.05, 0) is 18.6 Å². The number of nitrogens with zero attached hydrogens (tertiary/aromatic N) is 2. The van der Waals surface area contributed by atoms with E-state index in [1.54, 1.807) is 4.57 Å². The number of benzene rings is 2. The van der Waals surface area contributed by atoms with E-state index in [0.717, 1.165) is 60.4 Å². The maximum absolute atomic E-state index is 13.6. The van der Waals surface area contributed by atoms with E-state index in [9.17, 15) is 9.59 Å². The predicted molar refractivity (Wildman–Crippen MR) is 146 cm³/mol. The van der Waals surface area contributed by atoms with Crippen LogP contribution in [0.1, 0.15) is 17.5 Å². The van der Waals surface area contributed by atoms with Crippen LogP contribution >= 0.6 is 23.1 Å². The number of rotatable bonds is 9. The first-order valence-corrected chi connectivity index (χ1v) is 14.2. The number of thioether (sulfide) groups is 1. The van der Waals surface area contributed by atoms with Crippen LogP contribution in [-0.4, -0.2) is 54.1 Å². The number of carbonyl (C=O) groups excluding carboxylic acids is 1. The Labute approximate surface area is 218 Å². The molecule has 9 heteroatoms. The lowest BCUT2D eigenvalue weighted by Crippen LogP contribution is -3.14. The number of amides is 1. The van der Waals surface area contributed by atoms with Gasteiger partial charge in [-0.15, -0.1) is 11.3 Å². The highest BCUT2D eigenvalue weighted by molar-refractivity contribution is 7.99. The fraction of sp³-hybridized carbons (Fsp3) is 0.370. The Morgan fingerprint density at radius 3 is 2.75 bits per heavy atom. The molecule has 2 aromatic carbocycles. The van der Waals surface area contributed by atoms with Gasteiger partial charge in [0.05, 0.1) is 31.0 Å². The van der Waals surface area contributed by atoms with Crippen molar-refractivity contribution in [1.82, 2.24) is 14.9 Å². The summed E-state index contributed by atoms with van der Waals surface area (Å²) in [5.74, 6) is 0.134. The maximum Gasteiger partial charge on any atom is 0.272 e. The lowest BCUT2D eigenvalue weighted by atomic mass is 10.1. The van der Waals surface area contributed by atoms with Crippen LogP contribution in [0.5, 0.6) is 0 Å². The smallest absolute Gasteiger partial charge is 0.272 e. The minimum Gasteiger partial charge on any atom is -0.370 e. The number of hydrogen-bond acceptors (Lipinski definition) is 6. The molecule has 1 fully saturated rings. The summed E-state index contributed by atoms with van der Waals surface area (Å²) in [7, 11) is 0. The highest BCUT2D eigenvalue weighted by Gasteiger charge is 2.19. The summed E-state index contributed by atoms with van der Waals surface area (Å²) in [4.78, 5) is 32.6. The van der Waals surface area contributed by atoms with Crippen LogP contribution in [0.4, 0.5) is 0 Å². The molecule has 0 saturated carbocycles. The van der Waals surface area contributed by atoms with Gasteiger partial charge in [0, 0.05) is 29.6 Å². The molecule has 0 aliphatic carbocycles. The van der Waals surface area contributed by atoms with E-state index in [0.29, 0.717) is 22.9 Å². The standard InChI is InChI=1S/C27H30N4O3S2/c1-19-7-9-20(10-8-19)17-28-23(32)18-35-27-29-24-21-5-2-3-6-22(21)36-25(24)26(33)31(27)12-4-11-30-13-15-34-16-14-30/h2-3,5-10H,4,11-18H2,1H3,(H,28,32)/p+1. The van der Waals surface area contributed by atoms with Gasteiger partial charge >= 0.3 is 0 Å². The van der Waals surface area contributed by atoms with Gasteiger partial charge in [-0.25, -0.2) is 4.98 Å². The zero-order chi connectivity index (χ0) is 24.9. The average Bonchev–Trinajstić information content (AvgIpc) is 3.28. The number of hydrogen-bond donors (Lipinski definition) is 2. The summed E-state index contributed by atoms with van der Waals surface area (Å²) in [5, 5.41) is 4.58. The Morgan fingerprint density at radius 2 is 1.94 bits per heavy atom. The van der Waals surface area contributed by atoms with E-state index in [2.05, 4.69) is 5.32 Å². The normalized spacial score (nSPS) is 14.5. The summed E-state index contributed by atoms with van der Waals surface area (Å²) in [5.41, 5.74) is 2.97. The molecule has 1 saturated heterocycles. The summed E-state index contributed by atoms with van der Waals surface area (Å²) >= 11 is 2.84. The van der Waals surface area contributed by atoms with E-state index in [4.69, 9.17) is 9.72 Å². The number of nitrogens with one attached hydrogen (secondary N) is 2. The Morgan fingerprint density at radius 1 is 1.17 bits per heavy atom. The molecule has 188 valence electrons. The first-order chi connectivity index (χ1) is 17.6. The number of aryl methyl sites for hydroxylation is 1. The summed E-state index contributed by atoms with van der Waals surface area (Å²) in [6.07, 6.45) is 0.875. The predicted octanol–water partition coefficient (Wildman–Crippen LogP) is 2.63. The van der Waals surface area contributed by atoms with Gasteiger partial charge < -0.3 is 15.0 Å². The van der Waals surface area contributed by atoms with Crippen molar-refractivity contribution in [3.63, 3.8) is 0 Å². The Hall–Kier alpha value is -2.72. The van der Waals surface area contributed by atoms with Gasteiger partial charge in [0.1, 0.15) is 17.8 Å². The highest BCUT2D eigenvalue weighted by atomic mass is 32.2. The zero-order valence-corrected chi connectivity index (χ0v) is 22.1. The van der Waals surface area contributed by atoms with Gasteiger partial charge in [-0.2, -0.15) is 0 Å². The SMILES string of the molecule is Cc1ccc(CNC(=O)CSc2nc3c(sc4ccccc43)c(=O)n2CCC[NH+]2CCOCC2)cc1. The number of fused-ring (bicyclic) bond motifs is 3. The summed E-state index contributed by atoms with van der Waals surface area (Å²) in [6, 6.07) is 16.1. The number of ether oxygens (including phenoxy) is 1. The second kappa shape index (κ2) is 11.6. The molecular weight excluding hydrogens is 492 g/mol. The van der Waals surface area contributed by atoms with Gasteiger partial charge in [0.2, 0.25) is 5.91 Å². The lowest BCUT2D eigenvalue weighted by molar-refractivity contribution is -0.908. The molecule has 1 aliphatic rings. The van der Waals surface area contributed by atoms with Gasteiger partial charge in [-0.3, -0.25) is 14.2 Å². The molecule has 1 amide bonds. The first-order valence-electron chi connectivity index (χ1n) is 12.4. The van der Waals surface area contributed by atoms with Crippen molar-refractivity contribution in [2.24, 2.45) is 0 Å². The summed E-state index contributed by atoms with van der Waals surface area (Å²) in [6.45, 7) is 7.70. The molecule has 1 aliphatic heterocycles. The monoisotopic (exact) mass is 523 g/mol. The topological polar surface area (TPSA) is 77.7 Å². The maximum atomic E-state index is 13.6. The fourth-order valence-corrected chi connectivity index (χ4v) is 6.38.